The second-order valence-electron chi connectivity index (χ2n) is 4.18. The highest BCUT2D eigenvalue weighted by Gasteiger charge is 2.13. The Balaban J connectivity index is 2.29. The second-order valence-corrected chi connectivity index (χ2v) is 5.03. The van der Waals surface area contributed by atoms with Gasteiger partial charge in [-0.1, -0.05) is 0 Å². The number of rotatable bonds is 2. The zero-order valence-corrected chi connectivity index (χ0v) is 11.9. The molecule has 0 aliphatic rings. The predicted molar refractivity (Wildman–Crippen MR) is 76.3 cm³/mol. The molecule has 0 saturated carbocycles. The lowest BCUT2D eigenvalue weighted by atomic mass is 10.2. The third-order valence-corrected chi connectivity index (χ3v) is 3.62. The largest absolute Gasteiger partial charge is 0.323 e. The smallest absolute Gasteiger partial charge is 0.141 e. The number of fused-ring (bicyclic) bond motifs is 1. The molecule has 3 rings (SSSR count). The Morgan fingerprint density at radius 3 is 2.63 bits per heavy atom. The van der Waals surface area contributed by atoms with E-state index in [0.717, 1.165) is 33.4 Å². The number of hydrogen-bond acceptors (Lipinski definition) is 2. The Kier molecular flexibility index (Phi) is 3.06. The van der Waals surface area contributed by atoms with Gasteiger partial charge >= 0.3 is 0 Å². The lowest BCUT2D eigenvalue weighted by Crippen LogP contribution is -1.97. The second kappa shape index (κ2) is 4.74. The Morgan fingerprint density at radius 1 is 1.21 bits per heavy atom. The summed E-state index contributed by atoms with van der Waals surface area (Å²) in [6.07, 6.45) is 3.52. The van der Waals surface area contributed by atoms with Crippen LogP contribution in [0, 0.1) is 5.82 Å². The van der Waals surface area contributed by atoms with Crippen molar-refractivity contribution in [1.82, 2.24) is 14.5 Å². The van der Waals surface area contributed by atoms with Gasteiger partial charge in [0.15, 0.2) is 0 Å². The van der Waals surface area contributed by atoms with Crippen molar-refractivity contribution in [1.29, 1.82) is 0 Å². The number of aromatic nitrogens is 3. The minimum atomic E-state index is -0.245. The summed E-state index contributed by atoms with van der Waals surface area (Å²) in [5.41, 5.74) is 2.73. The predicted octanol–water partition coefficient (Wildman–Crippen LogP) is 4.02. The van der Waals surface area contributed by atoms with E-state index in [1.165, 1.54) is 12.1 Å². The third-order valence-electron chi connectivity index (χ3n) is 3.04. The van der Waals surface area contributed by atoms with Gasteiger partial charge in [0.2, 0.25) is 0 Å². The monoisotopic (exact) mass is 319 g/mol. The summed E-state index contributed by atoms with van der Waals surface area (Å²) in [7, 11) is 0. The summed E-state index contributed by atoms with van der Waals surface area (Å²) >= 11 is 3.46. The van der Waals surface area contributed by atoms with Crippen molar-refractivity contribution in [3.63, 3.8) is 0 Å². The van der Waals surface area contributed by atoms with E-state index in [2.05, 4.69) is 37.4 Å². The third kappa shape index (κ3) is 2.04. The molecule has 0 N–H and O–H groups in total. The summed E-state index contributed by atoms with van der Waals surface area (Å²) in [6.45, 7) is 2.83. The van der Waals surface area contributed by atoms with E-state index >= 15 is 0 Å². The lowest BCUT2D eigenvalue weighted by molar-refractivity contribution is 0.628. The fourth-order valence-corrected chi connectivity index (χ4v) is 2.56. The van der Waals surface area contributed by atoms with Crippen molar-refractivity contribution >= 4 is 27.0 Å². The van der Waals surface area contributed by atoms with Crippen molar-refractivity contribution in [2.24, 2.45) is 0 Å². The maximum absolute atomic E-state index is 13.0. The Morgan fingerprint density at radius 2 is 1.95 bits per heavy atom. The van der Waals surface area contributed by atoms with Gasteiger partial charge in [-0.3, -0.25) is 4.98 Å². The average Bonchev–Trinajstić information content (AvgIpc) is 2.79. The molecule has 0 fully saturated rings. The highest BCUT2D eigenvalue weighted by atomic mass is 79.9. The van der Waals surface area contributed by atoms with Crippen LogP contribution in [-0.4, -0.2) is 14.5 Å². The van der Waals surface area contributed by atoms with Gasteiger partial charge in [-0.25, -0.2) is 9.37 Å². The van der Waals surface area contributed by atoms with Crippen LogP contribution in [0.2, 0.25) is 0 Å². The molecule has 3 nitrogen and oxygen atoms in total. The number of benzene rings is 1. The standard InChI is InChI=1S/C14H11BrFN3/c1-2-19-12-8-17-7-11(15)13(12)18-14(19)9-3-5-10(16)6-4-9/h3-8H,2H2,1H3. The van der Waals surface area contributed by atoms with Crippen LogP contribution in [0.4, 0.5) is 4.39 Å². The number of hydrogen-bond donors (Lipinski definition) is 0. The fourth-order valence-electron chi connectivity index (χ4n) is 2.15. The average molecular weight is 320 g/mol. The van der Waals surface area contributed by atoms with Gasteiger partial charge in [0.05, 0.1) is 16.2 Å². The molecule has 0 aliphatic heterocycles. The van der Waals surface area contributed by atoms with Crippen molar-refractivity contribution in [3.05, 3.63) is 46.9 Å². The fraction of sp³-hybridized carbons (Fsp3) is 0.143. The minimum Gasteiger partial charge on any atom is -0.323 e. The lowest BCUT2D eigenvalue weighted by Gasteiger charge is -2.05. The van der Waals surface area contributed by atoms with Gasteiger partial charge in [-0.05, 0) is 47.1 Å². The van der Waals surface area contributed by atoms with E-state index in [9.17, 15) is 4.39 Å². The van der Waals surface area contributed by atoms with E-state index in [0.29, 0.717) is 0 Å². The minimum absolute atomic E-state index is 0.245. The molecule has 0 amide bonds. The molecule has 0 radical (unpaired) electrons. The molecule has 0 unspecified atom stereocenters. The highest BCUT2D eigenvalue weighted by molar-refractivity contribution is 9.10. The molecule has 1 aromatic carbocycles. The number of halogens is 2. The molecule has 0 saturated heterocycles. The van der Waals surface area contributed by atoms with Gasteiger partial charge < -0.3 is 4.57 Å². The summed E-state index contributed by atoms with van der Waals surface area (Å²) in [6, 6.07) is 6.37. The molecule has 96 valence electrons. The zero-order valence-electron chi connectivity index (χ0n) is 10.3. The summed E-state index contributed by atoms with van der Waals surface area (Å²) in [4.78, 5) is 8.81. The van der Waals surface area contributed by atoms with E-state index in [1.54, 1.807) is 24.5 Å². The molecule has 0 spiro atoms. The molecule has 19 heavy (non-hydrogen) atoms. The van der Waals surface area contributed by atoms with Gasteiger partial charge in [0.25, 0.3) is 0 Å². The van der Waals surface area contributed by atoms with E-state index < -0.39 is 0 Å². The van der Waals surface area contributed by atoms with Crippen molar-refractivity contribution < 1.29 is 4.39 Å². The topological polar surface area (TPSA) is 30.7 Å². The summed E-state index contributed by atoms with van der Waals surface area (Å²) in [5.74, 6) is 0.581. The number of nitrogens with zero attached hydrogens (tertiary/aromatic N) is 3. The molecule has 0 atom stereocenters. The molecule has 0 aliphatic carbocycles. The Hall–Kier alpha value is -1.75. The number of pyridine rings is 1. The van der Waals surface area contributed by atoms with Crippen molar-refractivity contribution in [2.45, 2.75) is 13.5 Å². The van der Waals surface area contributed by atoms with E-state index in [4.69, 9.17) is 0 Å². The van der Waals surface area contributed by atoms with Gasteiger partial charge in [0.1, 0.15) is 17.2 Å². The van der Waals surface area contributed by atoms with Gasteiger partial charge in [-0.15, -0.1) is 0 Å². The molecule has 0 bridgehead atoms. The van der Waals surface area contributed by atoms with Crippen LogP contribution < -0.4 is 0 Å². The number of aryl methyl sites for hydroxylation is 1. The normalized spacial score (nSPS) is 11.1. The first-order valence-electron chi connectivity index (χ1n) is 5.96. The Labute approximate surface area is 118 Å². The maximum atomic E-state index is 13.0. The number of imidazole rings is 1. The van der Waals surface area contributed by atoms with Crippen LogP contribution in [0.3, 0.4) is 0 Å². The van der Waals surface area contributed by atoms with Crippen molar-refractivity contribution in [2.75, 3.05) is 0 Å². The van der Waals surface area contributed by atoms with Crippen LogP contribution >= 0.6 is 15.9 Å². The van der Waals surface area contributed by atoms with Gasteiger partial charge in [0, 0.05) is 18.3 Å². The molecule has 5 heteroatoms. The SMILES string of the molecule is CCn1c(-c2ccc(F)cc2)nc2c(Br)cncc21. The van der Waals surface area contributed by atoms with E-state index in [1.807, 2.05) is 0 Å². The Bertz CT molecular complexity index is 734. The summed E-state index contributed by atoms with van der Waals surface area (Å²) < 4.78 is 15.9. The van der Waals surface area contributed by atoms with E-state index in [-0.39, 0.29) is 5.82 Å². The highest BCUT2D eigenvalue weighted by Crippen LogP contribution is 2.28. The van der Waals surface area contributed by atoms with Crippen LogP contribution in [-0.2, 0) is 6.54 Å². The summed E-state index contributed by atoms with van der Waals surface area (Å²) in [5, 5.41) is 0. The quantitative estimate of drug-likeness (QED) is 0.714. The van der Waals surface area contributed by atoms with Crippen LogP contribution in [0.1, 0.15) is 6.92 Å². The zero-order chi connectivity index (χ0) is 13.4. The van der Waals surface area contributed by atoms with Crippen LogP contribution in [0.25, 0.3) is 22.4 Å². The first-order chi connectivity index (χ1) is 9.20. The van der Waals surface area contributed by atoms with Crippen LogP contribution in [0.5, 0.6) is 0 Å². The van der Waals surface area contributed by atoms with Crippen molar-refractivity contribution in [3.8, 4) is 11.4 Å². The first kappa shape index (κ1) is 12.3. The molecule has 3 aromatic rings. The molecular formula is C14H11BrFN3. The molecule has 2 aromatic heterocycles. The molecular weight excluding hydrogens is 309 g/mol. The van der Waals surface area contributed by atoms with Gasteiger partial charge in [-0.2, -0.15) is 0 Å². The molecule has 2 heterocycles. The first-order valence-corrected chi connectivity index (χ1v) is 6.75. The maximum Gasteiger partial charge on any atom is 0.141 e. The van der Waals surface area contributed by atoms with Crippen LogP contribution in [0.15, 0.2) is 41.1 Å².